The quantitative estimate of drug-likeness (QED) is 0.472. The number of esters is 1. The van der Waals surface area contributed by atoms with Gasteiger partial charge in [0.05, 0.1) is 6.61 Å². The Hall–Kier alpha value is -1.82. The van der Waals surface area contributed by atoms with Gasteiger partial charge in [0.1, 0.15) is 0 Å². The van der Waals surface area contributed by atoms with Crippen LogP contribution in [0.5, 0.6) is 0 Å². The molecule has 0 radical (unpaired) electrons. The summed E-state index contributed by atoms with van der Waals surface area (Å²) < 4.78 is 4.64. The van der Waals surface area contributed by atoms with Crippen LogP contribution in [0.25, 0.3) is 0 Å². The number of hydrogen-bond acceptors (Lipinski definition) is 3. The number of pyridine rings is 1. The molecule has 3 heteroatoms. The van der Waals surface area contributed by atoms with Crippen LogP contribution in [0.2, 0.25) is 0 Å². The van der Waals surface area contributed by atoms with E-state index in [1.54, 1.807) is 31.5 Å². The molecule has 0 amide bonds. The van der Waals surface area contributed by atoms with Crippen molar-refractivity contribution in [3.8, 4) is 11.8 Å². The summed E-state index contributed by atoms with van der Waals surface area (Å²) in [6.45, 7) is 2.09. The lowest BCUT2D eigenvalue weighted by Crippen LogP contribution is -1.99. The van der Waals surface area contributed by atoms with E-state index >= 15 is 0 Å². The second kappa shape index (κ2) is 4.94. The topological polar surface area (TPSA) is 39.2 Å². The molecule has 0 fully saturated rings. The Kier molecular flexibility index (Phi) is 3.52. The normalized spacial score (nSPS) is 8.38. The molecule has 13 heavy (non-hydrogen) atoms. The molecule has 1 rings (SSSR count). The van der Waals surface area contributed by atoms with Crippen molar-refractivity contribution in [3.05, 3.63) is 30.1 Å². The van der Waals surface area contributed by atoms with Gasteiger partial charge in [-0.05, 0) is 19.1 Å². The molecule has 0 aliphatic rings. The summed E-state index contributed by atoms with van der Waals surface area (Å²) in [4.78, 5) is 14.6. The van der Waals surface area contributed by atoms with Gasteiger partial charge in [-0.1, -0.05) is 5.92 Å². The summed E-state index contributed by atoms with van der Waals surface area (Å²) in [5.74, 6) is 4.52. The molecule has 0 spiro atoms. The van der Waals surface area contributed by atoms with Gasteiger partial charge in [-0.3, -0.25) is 4.98 Å². The molecule has 1 aromatic rings. The number of rotatable bonds is 1. The van der Waals surface area contributed by atoms with Gasteiger partial charge in [0.2, 0.25) is 0 Å². The van der Waals surface area contributed by atoms with Crippen LogP contribution in [0.1, 0.15) is 12.5 Å². The minimum absolute atomic E-state index is 0.351. The highest BCUT2D eigenvalue weighted by Gasteiger charge is 1.91. The second-order valence-electron chi connectivity index (χ2n) is 2.21. The largest absolute Gasteiger partial charge is 0.456 e. The Morgan fingerprint density at radius 3 is 2.85 bits per heavy atom. The maximum absolute atomic E-state index is 10.8. The van der Waals surface area contributed by atoms with Gasteiger partial charge in [0, 0.05) is 23.9 Å². The van der Waals surface area contributed by atoms with E-state index in [0.29, 0.717) is 6.61 Å². The predicted molar refractivity (Wildman–Crippen MR) is 47.7 cm³/mol. The SMILES string of the molecule is CCOC(=O)C#Cc1ccncc1. The van der Waals surface area contributed by atoms with Crippen molar-refractivity contribution >= 4 is 5.97 Å². The van der Waals surface area contributed by atoms with Gasteiger partial charge in [-0.15, -0.1) is 0 Å². The zero-order chi connectivity index (χ0) is 9.52. The average molecular weight is 175 g/mol. The smallest absolute Gasteiger partial charge is 0.384 e. The maximum Gasteiger partial charge on any atom is 0.384 e. The third-order valence-corrected chi connectivity index (χ3v) is 1.26. The maximum atomic E-state index is 10.8. The lowest BCUT2D eigenvalue weighted by Gasteiger charge is -1.90. The van der Waals surface area contributed by atoms with Crippen LogP contribution in [0.4, 0.5) is 0 Å². The molecule has 0 N–H and O–H groups in total. The lowest BCUT2D eigenvalue weighted by molar-refractivity contribution is -0.136. The predicted octanol–water partition coefficient (Wildman–Crippen LogP) is 0.996. The summed E-state index contributed by atoms with van der Waals surface area (Å²) in [6.07, 6.45) is 3.24. The fourth-order valence-electron chi connectivity index (χ4n) is 0.726. The molecule has 0 aromatic carbocycles. The Bertz CT molecular complexity index is 335. The molecule has 0 aliphatic carbocycles. The van der Waals surface area contributed by atoms with Crippen molar-refractivity contribution < 1.29 is 9.53 Å². The number of carbonyl (C=O) groups excluding carboxylic acids is 1. The first-order chi connectivity index (χ1) is 6.33. The van der Waals surface area contributed by atoms with Gasteiger partial charge >= 0.3 is 5.97 Å². The summed E-state index contributed by atoms with van der Waals surface area (Å²) in [7, 11) is 0. The van der Waals surface area contributed by atoms with E-state index in [9.17, 15) is 4.79 Å². The first-order valence-electron chi connectivity index (χ1n) is 3.91. The number of carbonyl (C=O) groups is 1. The first kappa shape index (κ1) is 9.27. The van der Waals surface area contributed by atoms with Crippen LogP contribution >= 0.6 is 0 Å². The van der Waals surface area contributed by atoms with Gasteiger partial charge in [-0.2, -0.15) is 0 Å². The highest BCUT2D eigenvalue weighted by molar-refractivity contribution is 5.89. The molecule has 1 heterocycles. The van der Waals surface area contributed by atoms with Crippen LogP contribution in [0.3, 0.4) is 0 Å². The van der Waals surface area contributed by atoms with Crippen LogP contribution in [-0.2, 0) is 9.53 Å². The van der Waals surface area contributed by atoms with Crippen molar-refractivity contribution in [1.82, 2.24) is 4.98 Å². The highest BCUT2D eigenvalue weighted by atomic mass is 16.5. The van der Waals surface area contributed by atoms with E-state index in [4.69, 9.17) is 0 Å². The Balaban J connectivity index is 2.62. The average Bonchev–Trinajstić information content (AvgIpc) is 2.17. The zero-order valence-corrected chi connectivity index (χ0v) is 7.28. The lowest BCUT2D eigenvalue weighted by atomic mass is 10.3. The third-order valence-electron chi connectivity index (χ3n) is 1.26. The number of hydrogen-bond donors (Lipinski definition) is 0. The summed E-state index contributed by atoms with van der Waals surface area (Å²) >= 11 is 0. The molecule has 0 bridgehead atoms. The third kappa shape index (κ3) is 3.39. The van der Waals surface area contributed by atoms with E-state index in [-0.39, 0.29) is 0 Å². The molecule has 3 nitrogen and oxygen atoms in total. The number of ether oxygens (including phenoxy) is 1. The Morgan fingerprint density at radius 1 is 1.54 bits per heavy atom. The molecular formula is C10H9NO2. The van der Waals surface area contributed by atoms with E-state index in [2.05, 4.69) is 21.6 Å². The molecule has 66 valence electrons. The molecule has 0 unspecified atom stereocenters. The molecule has 0 saturated heterocycles. The van der Waals surface area contributed by atoms with Crippen molar-refractivity contribution in [2.24, 2.45) is 0 Å². The summed E-state index contributed by atoms with van der Waals surface area (Å²) in [6, 6.07) is 3.46. The highest BCUT2D eigenvalue weighted by Crippen LogP contribution is 1.91. The van der Waals surface area contributed by atoms with E-state index in [0.717, 1.165) is 5.56 Å². The van der Waals surface area contributed by atoms with Crippen LogP contribution in [0, 0.1) is 11.8 Å². The molecule has 0 aliphatic heterocycles. The van der Waals surface area contributed by atoms with E-state index < -0.39 is 5.97 Å². The monoisotopic (exact) mass is 175 g/mol. The van der Waals surface area contributed by atoms with Gasteiger partial charge in [-0.25, -0.2) is 4.79 Å². The molecular weight excluding hydrogens is 166 g/mol. The number of aromatic nitrogens is 1. The van der Waals surface area contributed by atoms with Gasteiger partial charge in [0.25, 0.3) is 0 Å². The first-order valence-corrected chi connectivity index (χ1v) is 3.91. The van der Waals surface area contributed by atoms with Crippen molar-refractivity contribution in [2.45, 2.75) is 6.92 Å². The van der Waals surface area contributed by atoms with E-state index in [1.165, 1.54) is 0 Å². The Labute approximate surface area is 76.8 Å². The molecule has 1 aromatic heterocycles. The number of nitrogens with zero attached hydrogens (tertiary/aromatic N) is 1. The minimum atomic E-state index is -0.501. The van der Waals surface area contributed by atoms with Crippen LogP contribution in [-0.4, -0.2) is 17.6 Å². The van der Waals surface area contributed by atoms with E-state index in [1.807, 2.05) is 0 Å². The summed E-state index contributed by atoms with van der Waals surface area (Å²) in [5, 5.41) is 0. The van der Waals surface area contributed by atoms with Crippen LogP contribution < -0.4 is 0 Å². The van der Waals surface area contributed by atoms with Crippen molar-refractivity contribution in [3.63, 3.8) is 0 Å². The standard InChI is InChI=1S/C10H9NO2/c1-2-13-10(12)4-3-9-5-7-11-8-6-9/h5-8H,2H2,1H3. The van der Waals surface area contributed by atoms with Crippen molar-refractivity contribution in [2.75, 3.05) is 6.61 Å². The second-order valence-corrected chi connectivity index (χ2v) is 2.21. The fourth-order valence-corrected chi connectivity index (χ4v) is 0.726. The van der Waals surface area contributed by atoms with Crippen LogP contribution in [0.15, 0.2) is 24.5 Å². The van der Waals surface area contributed by atoms with Crippen molar-refractivity contribution in [1.29, 1.82) is 0 Å². The fraction of sp³-hybridized carbons (Fsp3) is 0.200. The molecule has 0 atom stereocenters. The molecule has 0 saturated carbocycles. The Morgan fingerprint density at radius 2 is 2.23 bits per heavy atom. The minimum Gasteiger partial charge on any atom is -0.456 e. The summed E-state index contributed by atoms with van der Waals surface area (Å²) in [5.41, 5.74) is 0.753. The zero-order valence-electron chi connectivity index (χ0n) is 7.28. The van der Waals surface area contributed by atoms with Gasteiger partial charge in [0.15, 0.2) is 0 Å². The van der Waals surface area contributed by atoms with Gasteiger partial charge < -0.3 is 4.74 Å².